The van der Waals surface area contributed by atoms with E-state index in [-0.39, 0.29) is 0 Å². The first-order valence-electron chi connectivity index (χ1n) is 6.36. The van der Waals surface area contributed by atoms with Crippen LogP contribution in [0.4, 0.5) is 0 Å². The van der Waals surface area contributed by atoms with Gasteiger partial charge in [0.15, 0.2) is 0 Å². The Balaban J connectivity index is 1.92. The van der Waals surface area contributed by atoms with E-state index in [0.29, 0.717) is 5.92 Å². The summed E-state index contributed by atoms with van der Waals surface area (Å²) in [5.41, 5.74) is 3.42. The lowest BCUT2D eigenvalue weighted by molar-refractivity contribution is 0.452. The Morgan fingerprint density at radius 2 is 1.83 bits per heavy atom. The molecule has 0 aliphatic carbocycles. The van der Waals surface area contributed by atoms with Gasteiger partial charge in [-0.05, 0) is 41.9 Å². The predicted octanol–water partition coefficient (Wildman–Crippen LogP) is 3.31. The number of nitrogens with zero attached hydrogens (tertiary/aromatic N) is 1. The molecule has 0 unspecified atom stereocenters. The number of benzene rings is 1. The van der Waals surface area contributed by atoms with Gasteiger partial charge in [0.2, 0.25) is 0 Å². The van der Waals surface area contributed by atoms with E-state index in [2.05, 4.69) is 43.6 Å². The third-order valence-corrected chi connectivity index (χ3v) is 4.33. The van der Waals surface area contributed by atoms with Gasteiger partial charge in [0, 0.05) is 11.5 Å². The van der Waals surface area contributed by atoms with Crippen LogP contribution in [0.2, 0.25) is 0 Å². The summed E-state index contributed by atoms with van der Waals surface area (Å²) in [6, 6.07) is 10.3. The van der Waals surface area contributed by atoms with Gasteiger partial charge in [-0.15, -0.1) is 0 Å². The molecule has 1 fully saturated rings. The molecule has 1 aliphatic heterocycles. The highest BCUT2D eigenvalue weighted by Gasteiger charge is 2.22. The molecule has 0 saturated carbocycles. The van der Waals surface area contributed by atoms with Crippen molar-refractivity contribution in [2.75, 3.05) is 13.1 Å². The van der Waals surface area contributed by atoms with Crippen molar-refractivity contribution >= 4 is 15.9 Å². The fourth-order valence-corrected chi connectivity index (χ4v) is 3.24. The summed E-state index contributed by atoms with van der Waals surface area (Å²) < 4.78 is 1.13. The fraction of sp³-hybridized carbons (Fsp3) is 0.357. The van der Waals surface area contributed by atoms with E-state index in [1.54, 1.807) is 0 Å². The molecule has 4 heteroatoms. The summed E-state index contributed by atoms with van der Waals surface area (Å²) in [4.78, 5) is 0. The van der Waals surface area contributed by atoms with Gasteiger partial charge in [-0.1, -0.05) is 30.3 Å². The lowest BCUT2D eigenvalue weighted by atomic mass is 9.94. The molecule has 3 rings (SSSR count). The van der Waals surface area contributed by atoms with Crippen LogP contribution >= 0.6 is 15.9 Å². The number of aromatic nitrogens is 2. The molecular formula is C14H16BrN3. The van der Waals surface area contributed by atoms with E-state index in [0.717, 1.165) is 28.8 Å². The zero-order chi connectivity index (χ0) is 12.4. The molecule has 1 aliphatic rings. The van der Waals surface area contributed by atoms with E-state index in [1.807, 2.05) is 18.2 Å². The zero-order valence-electron chi connectivity index (χ0n) is 10.1. The SMILES string of the molecule is Brc1c(-c2ccccc2)n[nH]c1C1CCNCC1. The van der Waals surface area contributed by atoms with Crippen molar-refractivity contribution in [2.45, 2.75) is 18.8 Å². The highest BCUT2D eigenvalue weighted by atomic mass is 79.9. The molecule has 0 spiro atoms. The number of rotatable bonds is 2. The topological polar surface area (TPSA) is 40.7 Å². The summed E-state index contributed by atoms with van der Waals surface area (Å²) >= 11 is 3.71. The van der Waals surface area contributed by atoms with Gasteiger partial charge in [-0.2, -0.15) is 5.10 Å². The first kappa shape index (κ1) is 11.9. The Kier molecular flexibility index (Phi) is 3.48. The molecule has 0 radical (unpaired) electrons. The Morgan fingerprint density at radius 3 is 2.56 bits per heavy atom. The second kappa shape index (κ2) is 5.24. The van der Waals surface area contributed by atoms with Gasteiger partial charge in [-0.3, -0.25) is 5.10 Å². The Hall–Kier alpha value is -1.13. The molecule has 2 heterocycles. The van der Waals surface area contributed by atoms with Crippen LogP contribution in [0.5, 0.6) is 0 Å². The van der Waals surface area contributed by atoms with Crippen molar-refractivity contribution in [3.05, 3.63) is 40.5 Å². The molecule has 1 aromatic heterocycles. The summed E-state index contributed by atoms with van der Waals surface area (Å²) in [7, 11) is 0. The van der Waals surface area contributed by atoms with Crippen LogP contribution < -0.4 is 5.32 Å². The molecule has 0 bridgehead atoms. The lowest BCUT2D eigenvalue weighted by Crippen LogP contribution is -2.26. The lowest BCUT2D eigenvalue weighted by Gasteiger charge is -2.21. The largest absolute Gasteiger partial charge is 0.317 e. The van der Waals surface area contributed by atoms with Crippen molar-refractivity contribution in [3.63, 3.8) is 0 Å². The normalized spacial score (nSPS) is 16.9. The van der Waals surface area contributed by atoms with Crippen LogP contribution in [0.15, 0.2) is 34.8 Å². The first-order chi connectivity index (χ1) is 8.86. The third kappa shape index (κ3) is 2.22. The quantitative estimate of drug-likeness (QED) is 0.894. The second-order valence-electron chi connectivity index (χ2n) is 4.69. The first-order valence-corrected chi connectivity index (χ1v) is 7.15. The molecule has 2 aromatic rings. The molecule has 0 amide bonds. The molecule has 94 valence electrons. The van der Waals surface area contributed by atoms with Crippen LogP contribution in [0, 0.1) is 0 Å². The predicted molar refractivity (Wildman–Crippen MR) is 76.6 cm³/mol. The van der Waals surface area contributed by atoms with Gasteiger partial charge in [0.1, 0.15) is 5.69 Å². The number of H-pyrrole nitrogens is 1. The number of halogens is 1. The van der Waals surface area contributed by atoms with Gasteiger partial charge < -0.3 is 5.32 Å². The smallest absolute Gasteiger partial charge is 0.107 e. The van der Waals surface area contributed by atoms with E-state index in [4.69, 9.17) is 0 Å². The standard InChI is InChI=1S/C14H16BrN3/c15-12-13(10-4-2-1-3-5-10)17-18-14(12)11-6-8-16-9-7-11/h1-5,11,16H,6-9H2,(H,17,18). The van der Waals surface area contributed by atoms with Gasteiger partial charge >= 0.3 is 0 Å². The van der Waals surface area contributed by atoms with Crippen molar-refractivity contribution in [1.82, 2.24) is 15.5 Å². The van der Waals surface area contributed by atoms with Gasteiger partial charge in [0.25, 0.3) is 0 Å². The molecular weight excluding hydrogens is 290 g/mol. The minimum atomic E-state index is 0.589. The minimum Gasteiger partial charge on any atom is -0.317 e. The number of aromatic amines is 1. The summed E-state index contributed by atoms with van der Waals surface area (Å²) in [6.07, 6.45) is 2.35. The number of hydrogen-bond acceptors (Lipinski definition) is 2. The maximum atomic E-state index is 4.47. The Bertz CT molecular complexity index is 515. The van der Waals surface area contributed by atoms with Crippen LogP contribution in [0.3, 0.4) is 0 Å². The second-order valence-corrected chi connectivity index (χ2v) is 5.48. The van der Waals surface area contributed by atoms with Crippen LogP contribution in [0.1, 0.15) is 24.5 Å². The average molecular weight is 306 g/mol. The molecule has 3 nitrogen and oxygen atoms in total. The molecule has 0 atom stereocenters. The zero-order valence-corrected chi connectivity index (χ0v) is 11.7. The van der Waals surface area contributed by atoms with Crippen molar-refractivity contribution < 1.29 is 0 Å². The molecule has 1 saturated heterocycles. The van der Waals surface area contributed by atoms with E-state index < -0.39 is 0 Å². The van der Waals surface area contributed by atoms with Crippen LogP contribution in [-0.2, 0) is 0 Å². The average Bonchev–Trinajstić information content (AvgIpc) is 2.83. The Morgan fingerprint density at radius 1 is 1.11 bits per heavy atom. The van der Waals surface area contributed by atoms with Crippen molar-refractivity contribution in [3.8, 4) is 11.3 Å². The maximum Gasteiger partial charge on any atom is 0.107 e. The third-order valence-electron chi connectivity index (χ3n) is 3.53. The maximum absolute atomic E-state index is 4.47. The summed E-state index contributed by atoms with van der Waals surface area (Å²) in [5, 5.41) is 11.1. The highest BCUT2D eigenvalue weighted by molar-refractivity contribution is 9.10. The molecule has 1 aromatic carbocycles. The number of nitrogens with one attached hydrogen (secondary N) is 2. The molecule has 2 N–H and O–H groups in total. The number of piperidine rings is 1. The monoisotopic (exact) mass is 305 g/mol. The van der Waals surface area contributed by atoms with Gasteiger partial charge in [-0.25, -0.2) is 0 Å². The van der Waals surface area contributed by atoms with E-state index in [9.17, 15) is 0 Å². The van der Waals surface area contributed by atoms with Gasteiger partial charge in [0.05, 0.1) is 10.2 Å². The van der Waals surface area contributed by atoms with Crippen LogP contribution in [-0.4, -0.2) is 23.3 Å². The minimum absolute atomic E-state index is 0.589. The van der Waals surface area contributed by atoms with Crippen LogP contribution in [0.25, 0.3) is 11.3 Å². The fourth-order valence-electron chi connectivity index (χ4n) is 2.51. The van der Waals surface area contributed by atoms with Crippen molar-refractivity contribution in [2.24, 2.45) is 0 Å². The molecule has 18 heavy (non-hydrogen) atoms. The summed E-state index contributed by atoms with van der Waals surface area (Å²) in [6.45, 7) is 2.19. The van der Waals surface area contributed by atoms with E-state index >= 15 is 0 Å². The van der Waals surface area contributed by atoms with E-state index in [1.165, 1.54) is 18.5 Å². The Labute approximate surface area is 115 Å². The summed E-state index contributed by atoms with van der Waals surface area (Å²) in [5.74, 6) is 0.589. The van der Waals surface area contributed by atoms with Crippen molar-refractivity contribution in [1.29, 1.82) is 0 Å². The highest BCUT2D eigenvalue weighted by Crippen LogP contribution is 2.35. The number of hydrogen-bond donors (Lipinski definition) is 2.